The molecule has 0 spiro atoms. The highest BCUT2D eigenvalue weighted by Crippen LogP contribution is 2.50. The number of aromatic amines is 2. The van der Waals surface area contributed by atoms with Gasteiger partial charge in [-0.3, -0.25) is 9.59 Å². The Hall–Kier alpha value is -6.19. The topological polar surface area (TPSA) is 189 Å². The first kappa shape index (κ1) is 43.1. The van der Waals surface area contributed by atoms with Gasteiger partial charge in [0, 0.05) is 13.1 Å². The fourth-order valence-corrected chi connectivity index (χ4v) is 10.4. The number of halogens is 1. The van der Waals surface area contributed by atoms with Gasteiger partial charge in [0.1, 0.15) is 29.5 Å². The average molecular weight is 876 g/mol. The maximum atomic E-state index is 16.5. The van der Waals surface area contributed by atoms with Crippen LogP contribution in [0.2, 0.25) is 0 Å². The second kappa shape index (κ2) is 17.4. The van der Waals surface area contributed by atoms with Crippen molar-refractivity contribution < 1.29 is 33.4 Å². The van der Waals surface area contributed by atoms with Crippen LogP contribution in [0.3, 0.4) is 0 Å². The van der Waals surface area contributed by atoms with E-state index in [1.807, 2.05) is 50.8 Å². The van der Waals surface area contributed by atoms with Gasteiger partial charge in [0.15, 0.2) is 0 Å². The number of fused-ring (bicyclic) bond motifs is 2. The van der Waals surface area contributed by atoms with Crippen molar-refractivity contribution in [1.29, 1.82) is 0 Å². The molecule has 1 aliphatic carbocycles. The molecule has 5 aromatic rings. The van der Waals surface area contributed by atoms with Gasteiger partial charge in [0.05, 0.1) is 59.0 Å². The smallest absolute Gasteiger partial charge is 0.407 e. The number of benzene rings is 3. The number of nitrogens with zero attached hydrogens (tertiary/aromatic N) is 5. The van der Waals surface area contributed by atoms with Crippen LogP contribution >= 0.6 is 0 Å². The number of anilines is 1. The second-order valence-electron chi connectivity index (χ2n) is 18.7. The van der Waals surface area contributed by atoms with E-state index in [2.05, 4.69) is 55.8 Å². The maximum Gasteiger partial charge on any atom is 0.407 e. The molecule has 6 atom stereocenters. The highest BCUT2D eigenvalue weighted by molar-refractivity contribution is 5.87. The third-order valence-electron chi connectivity index (χ3n) is 13.8. The lowest BCUT2D eigenvalue weighted by atomic mass is 10.0. The number of carbonyl (C=O) groups is 4. The summed E-state index contributed by atoms with van der Waals surface area (Å²) in [6.07, 6.45) is 4.83. The molecule has 1 saturated carbocycles. The molecule has 4 amide bonds. The number of amides is 4. The molecule has 5 heterocycles. The minimum Gasteiger partial charge on any atom is -0.465 e. The lowest BCUT2D eigenvalue weighted by Gasteiger charge is -2.33. The molecule has 15 nitrogen and oxygen atoms in total. The number of nitrogens with one attached hydrogen (secondary N) is 4. The molecule has 0 radical (unpaired) electrons. The van der Waals surface area contributed by atoms with E-state index in [1.54, 1.807) is 11.0 Å². The summed E-state index contributed by atoms with van der Waals surface area (Å²) in [6.45, 7) is 8.51. The normalized spacial score (nSPS) is 22.2. The fourth-order valence-electron chi connectivity index (χ4n) is 10.4. The van der Waals surface area contributed by atoms with Crippen molar-refractivity contribution in [2.45, 2.75) is 121 Å². The summed E-state index contributed by atoms with van der Waals surface area (Å²) in [6, 6.07) is 15.5. The summed E-state index contributed by atoms with van der Waals surface area (Å²) in [5.41, 5.74) is 6.78. The number of rotatable bonds is 12. The molecule has 64 heavy (non-hydrogen) atoms. The van der Waals surface area contributed by atoms with Crippen molar-refractivity contribution in [3.63, 3.8) is 0 Å². The average Bonchev–Trinajstić information content (AvgIpc) is 3.81. The van der Waals surface area contributed by atoms with Gasteiger partial charge in [-0.15, -0.1) is 0 Å². The Morgan fingerprint density at radius 2 is 1.19 bits per heavy atom. The molecule has 3 aliphatic heterocycles. The van der Waals surface area contributed by atoms with Gasteiger partial charge in [-0.25, -0.2) is 23.9 Å². The van der Waals surface area contributed by atoms with E-state index in [0.717, 1.165) is 83.7 Å². The van der Waals surface area contributed by atoms with Gasteiger partial charge in [0.25, 0.3) is 0 Å². The molecule has 3 saturated heterocycles. The van der Waals surface area contributed by atoms with Crippen molar-refractivity contribution in [2.75, 3.05) is 25.1 Å². The Labute approximate surface area is 371 Å². The summed E-state index contributed by atoms with van der Waals surface area (Å²) < 4.78 is 21.3. The number of carbonyl (C=O) groups excluding carboxylic acids is 3. The summed E-state index contributed by atoms with van der Waals surface area (Å²) in [4.78, 5) is 74.0. The number of likely N-dealkylation sites (tertiary alicyclic amines) is 2. The predicted molar refractivity (Wildman–Crippen MR) is 239 cm³/mol. The van der Waals surface area contributed by atoms with Crippen LogP contribution in [0.4, 0.5) is 19.7 Å². The minimum absolute atomic E-state index is 0.147. The summed E-state index contributed by atoms with van der Waals surface area (Å²) in [5, 5.41) is 14.6. The van der Waals surface area contributed by atoms with Gasteiger partial charge < -0.3 is 45.1 Å². The van der Waals surface area contributed by atoms with Crippen molar-refractivity contribution in [3.05, 3.63) is 88.8 Å². The van der Waals surface area contributed by atoms with Gasteiger partial charge in [-0.05, 0) is 122 Å². The molecular weight excluding hydrogens is 818 g/mol. The number of alkyl carbamates (subject to hydrolysis) is 1. The lowest BCUT2D eigenvalue weighted by molar-refractivity contribution is -0.136. The first-order chi connectivity index (χ1) is 30.8. The molecule has 2 aromatic heterocycles. The molecule has 0 bridgehead atoms. The quantitative estimate of drug-likeness (QED) is 0.0818. The Morgan fingerprint density at radius 3 is 1.64 bits per heavy atom. The van der Waals surface area contributed by atoms with E-state index in [0.29, 0.717) is 42.8 Å². The first-order valence-corrected chi connectivity index (χ1v) is 22.8. The third kappa shape index (κ3) is 8.22. The van der Waals surface area contributed by atoms with Crippen molar-refractivity contribution in [1.82, 2.24) is 40.4 Å². The number of carboxylic acid groups (broad SMARTS) is 1. The summed E-state index contributed by atoms with van der Waals surface area (Å²) in [7, 11) is 1.28. The Balaban J connectivity index is 1.01. The van der Waals surface area contributed by atoms with Crippen LogP contribution in [0, 0.1) is 17.7 Å². The van der Waals surface area contributed by atoms with Crippen LogP contribution in [0.15, 0.2) is 54.6 Å². The van der Waals surface area contributed by atoms with Crippen LogP contribution in [0.5, 0.6) is 0 Å². The van der Waals surface area contributed by atoms with E-state index >= 15 is 4.39 Å². The van der Waals surface area contributed by atoms with Crippen LogP contribution in [-0.2, 0) is 14.3 Å². The lowest BCUT2D eigenvalue weighted by Crippen LogP contribution is -2.51. The van der Waals surface area contributed by atoms with Crippen molar-refractivity contribution in [2.24, 2.45) is 11.8 Å². The van der Waals surface area contributed by atoms with E-state index in [9.17, 15) is 24.3 Å². The molecule has 5 N–H and O–H groups in total. The Morgan fingerprint density at radius 1 is 0.688 bits per heavy atom. The summed E-state index contributed by atoms with van der Waals surface area (Å²) >= 11 is 0. The van der Waals surface area contributed by atoms with E-state index < -0.39 is 24.3 Å². The number of methoxy groups -OCH3 is 1. The standard InChI is InChI=1S/C48H58FN9O6/c1-25(2)41(54-47(61)62)45(59)56-20-6-8-39(56)43-50-32-15-12-29(23-34(32)52-43)36-18-19-37(58(36)38-17-14-28(22-31(38)49)27-10-11-27)30-13-16-33-35(24-30)53-44(51-33)40-9-7-21-57(40)46(60)42(26(3)4)55-48(63)64-5/h12-17,22-27,36-37,39-42,54H,6-11,18-21H2,1-5H3,(H,50,52)(H,51,53)(H,55,63)(H,61,62)/t36-,37?,39+,40+,41+,42+/m1/s1. The number of H-pyrrole nitrogens is 2. The van der Waals surface area contributed by atoms with Crippen LogP contribution in [-0.4, -0.2) is 91.1 Å². The van der Waals surface area contributed by atoms with Gasteiger partial charge >= 0.3 is 12.2 Å². The monoisotopic (exact) mass is 875 g/mol. The zero-order valence-electron chi connectivity index (χ0n) is 37.1. The highest BCUT2D eigenvalue weighted by Gasteiger charge is 2.41. The van der Waals surface area contributed by atoms with Crippen molar-refractivity contribution in [3.8, 4) is 0 Å². The van der Waals surface area contributed by atoms with E-state index in [1.165, 1.54) is 7.11 Å². The Kier molecular flexibility index (Phi) is 11.7. The number of aromatic nitrogens is 4. The van der Waals surface area contributed by atoms with Crippen LogP contribution < -0.4 is 15.5 Å². The molecular formula is C48H58FN9O6. The number of hydrogen-bond acceptors (Lipinski definition) is 8. The molecule has 4 aliphatic rings. The van der Waals surface area contributed by atoms with Gasteiger partial charge in [-0.2, -0.15) is 0 Å². The third-order valence-corrected chi connectivity index (χ3v) is 13.8. The largest absolute Gasteiger partial charge is 0.465 e. The maximum absolute atomic E-state index is 16.5. The number of hydrogen-bond donors (Lipinski definition) is 5. The van der Waals surface area contributed by atoms with Crippen LogP contribution in [0.25, 0.3) is 22.1 Å². The molecule has 338 valence electrons. The zero-order chi connectivity index (χ0) is 45.0. The number of ether oxygens (including phenoxy) is 1. The first-order valence-electron chi connectivity index (χ1n) is 22.8. The van der Waals surface area contributed by atoms with Crippen molar-refractivity contribution >= 4 is 51.8 Å². The molecule has 4 fully saturated rings. The SMILES string of the molecule is COC(=O)N[C@H](C(=O)N1CCC[C@H]1c1nc2ccc(C3CC[C@H](c4ccc5nc([C@@H]6CCCN6C(=O)[C@@H](NC(=O)O)C(C)C)[nH]c5c4)N3c3ccc(C4CC4)cc3F)cc2[nH]1)C(C)C. The molecule has 3 aromatic carbocycles. The Bertz CT molecular complexity index is 2590. The van der Waals surface area contributed by atoms with E-state index in [4.69, 9.17) is 14.7 Å². The summed E-state index contributed by atoms with van der Waals surface area (Å²) in [5.74, 6) is 0.717. The van der Waals surface area contributed by atoms with Crippen LogP contribution in [0.1, 0.15) is 137 Å². The van der Waals surface area contributed by atoms with E-state index in [-0.39, 0.29) is 53.6 Å². The van der Waals surface area contributed by atoms with Gasteiger partial charge in [0.2, 0.25) is 11.8 Å². The fraction of sp³-hybridized carbons (Fsp3) is 0.500. The number of imidazole rings is 2. The predicted octanol–water partition coefficient (Wildman–Crippen LogP) is 8.54. The highest BCUT2D eigenvalue weighted by atomic mass is 19.1. The zero-order valence-corrected chi connectivity index (χ0v) is 37.1. The second-order valence-corrected chi connectivity index (χ2v) is 18.7. The van der Waals surface area contributed by atoms with Gasteiger partial charge in [-0.1, -0.05) is 45.9 Å². The molecule has 16 heteroatoms. The minimum atomic E-state index is -1.23. The molecule has 9 rings (SSSR count). The molecule has 1 unspecified atom stereocenters.